The summed E-state index contributed by atoms with van der Waals surface area (Å²) in [4.78, 5) is 12.1. The molecule has 1 aromatic carbocycles. The Morgan fingerprint density at radius 3 is 2.57 bits per heavy atom. The molecule has 0 aromatic heterocycles. The number of nitrogens with two attached hydrogens (primary N) is 1. The lowest BCUT2D eigenvalue weighted by Gasteiger charge is -2.17. The second-order valence-electron chi connectivity index (χ2n) is 4.94. The van der Waals surface area contributed by atoms with Crippen LogP contribution in [0.4, 0.5) is 18.9 Å². The van der Waals surface area contributed by atoms with Gasteiger partial charge in [0.1, 0.15) is 0 Å². The molecule has 0 saturated heterocycles. The Kier molecular flexibility index (Phi) is 4.38. The molecule has 1 aliphatic carbocycles. The topological polar surface area (TPSA) is 67.2 Å². The van der Waals surface area contributed by atoms with Gasteiger partial charge in [0.15, 0.2) is 0 Å². The number of hydrogen-bond acceptors (Lipinski definition) is 4. The summed E-state index contributed by atoms with van der Waals surface area (Å²) in [5.41, 5.74) is 0.524. The average molecular weight is 319 g/mol. The van der Waals surface area contributed by atoms with Gasteiger partial charge in [-0.2, -0.15) is 24.9 Å². The van der Waals surface area contributed by atoms with E-state index in [2.05, 4.69) is 5.32 Å². The first-order valence-corrected chi connectivity index (χ1v) is 7.56. The van der Waals surface area contributed by atoms with E-state index in [1.165, 1.54) is 12.1 Å². The van der Waals surface area contributed by atoms with E-state index in [0.29, 0.717) is 6.54 Å². The van der Waals surface area contributed by atoms with Crippen molar-refractivity contribution >= 4 is 23.4 Å². The first-order chi connectivity index (χ1) is 9.83. The molecule has 1 aromatic rings. The van der Waals surface area contributed by atoms with Gasteiger partial charge in [-0.05, 0) is 31.2 Å². The molecule has 4 N–H and O–H groups in total. The molecule has 0 aliphatic heterocycles. The van der Waals surface area contributed by atoms with Crippen LogP contribution in [0.15, 0.2) is 18.2 Å². The Hall–Kier alpha value is -1.41. The minimum atomic E-state index is -4.57. The number of nitrogen functional groups attached to an aromatic ring is 1. The maximum absolute atomic E-state index is 12.9. The zero-order valence-electron chi connectivity index (χ0n) is 11.4. The van der Waals surface area contributed by atoms with Crippen molar-refractivity contribution in [1.29, 1.82) is 0 Å². The van der Waals surface area contributed by atoms with Crippen LogP contribution in [0.3, 0.4) is 0 Å². The summed E-state index contributed by atoms with van der Waals surface area (Å²) < 4.78 is 38.7. The SMILES string of the molecule is CSC1(CNC(=O)c2cccc(C(F)(F)F)c2NN)CC1. The zero-order valence-corrected chi connectivity index (χ0v) is 12.2. The molecule has 0 spiro atoms. The van der Waals surface area contributed by atoms with Crippen LogP contribution < -0.4 is 16.6 Å². The van der Waals surface area contributed by atoms with Gasteiger partial charge >= 0.3 is 6.18 Å². The van der Waals surface area contributed by atoms with Gasteiger partial charge in [-0.25, -0.2) is 0 Å². The Balaban J connectivity index is 2.20. The van der Waals surface area contributed by atoms with E-state index in [0.717, 1.165) is 18.9 Å². The number of rotatable bonds is 5. The number of anilines is 1. The number of para-hydroxylation sites is 1. The fourth-order valence-corrected chi connectivity index (χ4v) is 2.79. The monoisotopic (exact) mass is 319 g/mol. The van der Waals surface area contributed by atoms with Crippen LogP contribution in [-0.2, 0) is 6.18 Å². The highest BCUT2D eigenvalue weighted by Crippen LogP contribution is 2.46. The number of alkyl halides is 3. The Bertz CT molecular complexity index is 544. The third-order valence-electron chi connectivity index (χ3n) is 3.57. The highest BCUT2D eigenvalue weighted by Gasteiger charge is 2.42. The third-order valence-corrected chi connectivity index (χ3v) is 4.99. The van der Waals surface area contributed by atoms with Crippen molar-refractivity contribution < 1.29 is 18.0 Å². The molecule has 8 heteroatoms. The molecule has 0 unspecified atom stereocenters. The van der Waals surface area contributed by atoms with Gasteiger partial charge in [0.2, 0.25) is 0 Å². The summed E-state index contributed by atoms with van der Waals surface area (Å²) in [6.07, 6.45) is -0.622. The van der Waals surface area contributed by atoms with E-state index in [4.69, 9.17) is 5.84 Å². The molecule has 2 rings (SSSR count). The van der Waals surface area contributed by atoms with E-state index in [1.807, 2.05) is 11.7 Å². The van der Waals surface area contributed by atoms with Crippen LogP contribution in [-0.4, -0.2) is 23.5 Å². The van der Waals surface area contributed by atoms with Crippen molar-refractivity contribution in [2.45, 2.75) is 23.8 Å². The van der Waals surface area contributed by atoms with Crippen LogP contribution in [0.5, 0.6) is 0 Å². The summed E-state index contributed by atoms with van der Waals surface area (Å²) in [7, 11) is 0. The van der Waals surface area contributed by atoms with Gasteiger partial charge in [-0.1, -0.05) is 6.07 Å². The van der Waals surface area contributed by atoms with E-state index >= 15 is 0 Å². The summed E-state index contributed by atoms with van der Waals surface area (Å²) in [6.45, 7) is 0.438. The van der Waals surface area contributed by atoms with Crippen LogP contribution >= 0.6 is 11.8 Å². The van der Waals surface area contributed by atoms with E-state index in [-0.39, 0.29) is 10.3 Å². The van der Waals surface area contributed by atoms with E-state index in [1.54, 1.807) is 11.8 Å². The summed E-state index contributed by atoms with van der Waals surface area (Å²) in [6, 6.07) is 3.40. The highest BCUT2D eigenvalue weighted by molar-refractivity contribution is 8.00. The fraction of sp³-hybridized carbons (Fsp3) is 0.462. The zero-order chi connectivity index (χ0) is 15.7. The molecule has 21 heavy (non-hydrogen) atoms. The number of carbonyl (C=O) groups excluding carboxylic acids is 1. The highest BCUT2D eigenvalue weighted by atomic mass is 32.2. The maximum Gasteiger partial charge on any atom is 0.418 e. The number of halogens is 3. The van der Waals surface area contributed by atoms with Crippen molar-refractivity contribution in [3.05, 3.63) is 29.3 Å². The molecule has 1 saturated carbocycles. The van der Waals surface area contributed by atoms with Gasteiger partial charge < -0.3 is 10.7 Å². The first-order valence-electron chi connectivity index (χ1n) is 6.33. The second-order valence-corrected chi connectivity index (χ2v) is 6.21. The number of hydrazine groups is 1. The smallest absolute Gasteiger partial charge is 0.351 e. The van der Waals surface area contributed by atoms with Gasteiger partial charge in [-0.15, -0.1) is 0 Å². The number of thioether (sulfide) groups is 1. The quantitative estimate of drug-likeness (QED) is 0.576. The van der Waals surface area contributed by atoms with E-state index in [9.17, 15) is 18.0 Å². The van der Waals surface area contributed by atoms with Crippen molar-refractivity contribution in [1.82, 2.24) is 5.32 Å². The van der Waals surface area contributed by atoms with Gasteiger partial charge in [-0.3, -0.25) is 10.6 Å². The molecule has 0 atom stereocenters. The number of amides is 1. The molecule has 1 amide bonds. The molecular formula is C13H16F3N3OS. The molecule has 0 radical (unpaired) electrons. The number of carbonyl (C=O) groups is 1. The van der Waals surface area contributed by atoms with Crippen molar-refractivity contribution in [3.8, 4) is 0 Å². The average Bonchev–Trinajstić information content (AvgIpc) is 3.23. The van der Waals surface area contributed by atoms with Crippen molar-refractivity contribution in [3.63, 3.8) is 0 Å². The number of hydrogen-bond donors (Lipinski definition) is 3. The predicted molar refractivity (Wildman–Crippen MR) is 77.1 cm³/mol. The largest absolute Gasteiger partial charge is 0.418 e. The fourth-order valence-electron chi connectivity index (χ4n) is 2.06. The normalized spacial score (nSPS) is 16.4. The first kappa shape index (κ1) is 16.0. The Morgan fingerprint density at radius 2 is 2.10 bits per heavy atom. The summed E-state index contributed by atoms with van der Waals surface area (Å²) in [5, 5.41) is 2.68. The lowest BCUT2D eigenvalue weighted by molar-refractivity contribution is -0.137. The minimum absolute atomic E-state index is 0.0353. The van der Waals surface area contributed by atoms with E-state index < -0.39 is 23.3 Å². The molecule has 1 aliphatic rings. The van der Waals surface area contributed by atoms with Gasteiger partial charge in [0.25, 0.3) is 5.91 Å². The molecule has 0 bridgehead atoms. The van der Waals surface area contributed by atoms with Crippen molar-refractivity contribution in [2.75, 3.05) is 18.2 Å². The number of benzene rings is 1. The van der Waals surface area contributed by atoms with Gasteiger partial charge in [0, 0.05) is 11.3 Å². The molecule has 4 nitrogen and oxygen atoms in total. The van der Waals surface area contributed by atoms with Crippen LogP contribution in [0.2, 0.25) is 0 Å². The molecule has 116 valence electrons. The maximum atomic E-state index is 12.9. The van der Waals surface area contributed by atoms with Crippen LogP contribution in [0.1, 0.15) is 28.8 Å². The van der Waals surface area contributed by atoms with Crippen LogP contribution in [0.25, 0.3) is 0 Å². The number of nitrogens with one attached hydrogen (secondary N) is 2. The van der Waals surface area contributed by atoms with Gasteiger partial charge in [0.05, 0.1) is 16.8 Å². The summed E-state index contributed by atoms with van der Waals surface area (Å²) >= 11 is 1.66. The molecule has 1 fully saturated rings. The molecule has 0 heterocycles. The third kappa shape index (κ3) is 3.44. The minimum Gasteiger partial charge on any atom is -0.351 e. The predicted octanol–water partition coefficient (Wildman–Crippen LogP) is 2.62. The second kappa shape index (κ2) is 5.76. The van der Waals surface area contributed by atoms with Crippen molar-refractivity contribution in [2.24, 2.45) is 5.84 Å². The molecular weight excluding hydrogens is 303 g/mol. The Labute approximate surface area is 124 Å². The summed E-state index contributed by atoms with van der Waals surface area (Å²) in [5.74, 6) is 4.61. The lowest BCUT2D eigenvalue weighted by Crippen LogP contribution is -2.33. The lowest BCUT2D eigenvalue weighted by atomic mass is 10.1. The standard InChI is InChI=1S/C13H16F3N3OS/c1-21-12(5-6-12)7-18-11(20)8-3-2-4-9(10(8)19-17)13(14,15)16/h2-4,19H,5-7,17H2,1H3,(H,18,20). The Morgan fingerprint density at radius 1 is 1.43 bits per heavy atom. The van der Waals surface area contributed by atoms with Crippen LogP contribution in [0, 0.1) is 0 Å².